The summed E-state index contributed by atoms with van der Waals surface area (Å²) in [6, 6.07) is 0. The fourth-order valence-electron chi connectivity index (χ4n) is 0.359. The molecule has 0 heterocycles. The molecule has 0 aliphatic rings. The van der Waals surface area contributed by atoms with E-state index in [1.54, 1.807) is 5.48 Å². The Morgan fingerprint density at radius 1 is 1.38 bits per heavy atom. The third kappa shape index (κ3) is 8.01. The highest BCUT2D eigenvalue weighted by Crippen LogP contribution is 1.75. The normalized spacial score (nSPS) is 9.85. The molecule has 72 valence electrons. The van der Waals surface area contributed by atoms with Crippen LogP contribution in [-0.2, 0) is 19.2 Å². The second-order valence-corrected chi connectivity index (χ2v) is 1.89. The molecule has 0 rings (SSSR count). The van der Waals surface area contributed by atoms with E-state index in [1.807, 2.05) is 0 Å². The number of hydrogen-bond donors (Lipinski definition) is 3. The highest BCUT2D eigenvalue weighted by molar-refractivity contribution is 5.93. The van der Waals surface area contributed by atoms with Gasteiger partial charge in [-0.2, -0.15) is 0 Å². The summed E-state index contributed by atoms with van der Waals surface area (Å²) in [4.78, 5) is 34.8. The molecule has 0 aliphatic heterocycles. The third-order valence-corrected chi connectivity index (χ3v) is 0.764. The lowest BCUT2D eigenvalue weighted by Crippen LogP contribution is -2.28. The topological polar surface area (TPSA) is 119 Å². The lowest BCUT2D eigenvalue weighted by Gasteiger charge is -1.98. The number of hydroxylamine groups is 1. The highest BCUT2D eigenvalue weighted by Gasteiger charge is 1.98. The van der Waals surface area contributed by atoms with Gasteiger partial charge in [-0.15, -0.1) is 0 Å². The molecule has 13 heavy (non-hydrogen) atoms. The summed E-state index contributed by atoms with van der Waals surface area (Å²) in [7, 11) is 0. The number of carbonyl (C=O) groups excluding carboxylic acids is 2. The van der Waals surface area contributed by atoms with Crippen molar-refractivity contribution in [2.75, 3.05) is 6.61 Å². The number of hydrogen-bond acceptors (Lipinski definition) is 4. The average molecular weight is 188 g/mol. The smallest absolute Gasteiger partial charge is 0.328 e. The largest absolute Gasteiger partial charge is 0.478 e. The van der Waals surface area contributed by atoms with Crippen molar-refractivity contribution >= 4 is 17.8 Å². The second-order valence-electron chi connectivity index (χ2n) is 1.89. The van der Waals surface area contributed by atoms with Crippen LogP contribution >= 0.6 is 0 Å². The molecular weight excluding hydrogens is 180 g/mol. The molecule has 7 nitrogen and oxygen atoms in total. The summed E-state index contributed by atoms with van der Waals surface area (Å²) in [5.74, 6) is -2.80. The van der Waals surface area contributed by atoms with Crippen LogP contribution in [-0.4, -0.2) is 29.5 Å². The second kappa shape index (κ2) is 5.72. The number of carboxylic acid groups (broad SMARTS) is 1. The number of primary amides is 1. The first-order valence-corrected chi connectivity index (χ1v) is 3.13. The fourth-order valence-corrected chi connectivity index (χ4v) is 0.359. The third-order valence-electron chi connectivity index (χ3n) is 0.764. The lowest BCUT2D eigenvalue weighted by molar-refractivity contribution is -0.135. The molecule has 0 saturated carbocycles. The van der Waals surface area contributed by atoms with Gasteiger partial charge in [0.2, 0.25) is 5.91 Å². The molecule has 0 unspecified atom stereocenters. The molecule has 0 atom stereocenters. The van der Waals surface area contributed by atoms with Crippen LogP contribution in [0, 0.1) is 0 Å². The van der Waals surface area contributed by atoms with Gasteiger partial charge in [0.15, 0.2) is 6.61 Å². The van der Waals surface area contributed by atoms with E-state index >= 15 is 0 Å². The van der Waals surface area contributed by atoms with Crippen LogP contribution in [0.4, 0.5) is 0 Å². The lowest BCUT2D eigenvalue weighted by atomic mass is 10.5. The summed E-state index contributed by atoms with van der Waals surface area (Å²) in [5.41, 5.74) is 6.45. The van der Waals surface area contributed by atoms with Gasteiger partial charge >= 0.3 is 5.97 Å². The predicted molar refractivity (Wildman–Crippen MR) is 40.1 cm³/mol. The Labute approximate surface area is 73.1 Å². The molecule has 0 fully saturated rings. The maximum absolute atomic E-state index is 10.6. The first-order valence-electron chi connectivity index (χ1n) is 3.13. The number of nitrogens with one attached hydrogen (secondary N) is 1. The van der Waals surface area contributed by atoms with Crippen molar-refractivity contribution in [3.8, 4) is 0 Å². The molecule has 0 aromatic heterocycles. The van der Waals surface area contributed by atoms with Crippen LogP contribution in [0.5, 0.6) is 0 Å². The van der Waals surface area contributed by atoms with E-state index < -0.39 is 24.4 Å². The Kier molecular flexibility index (Phi) is 4.89. The van der Waals surface area contributed by atoms with Crippen molar-refractivity contribution in [1.82, 2.24) is 5.48 Å². The molecule has 0 aromatic rings. The van der Waals surface area contributed by atoms with Crippen molar-refractivity contribution in [2.45, 2.75) is 0 Å². The monoisotopic (exact) mass is 188 g/mol. The van der Waals surface area contributed by atoms with E-state index in [0.29, 0.717) is 6.08 Å². The Hall–Kier alpha value is -1.89. The quantitative estimate of drug-likeness (QED) is 0.346. The number of aliphatic carboxylic acids is 1. The van der Waals surface area contributed by atoms with Gasteiger partial charge in [-0.25, -0.2) is 10.3 Å². The first kappa shape index (κ1) is 11.1. The summed E-state index contributed by atoms with van der Waals surface area (Å²) < 4.78 is 0. The van der Waals surface area contributed by atoms with E-state index in [1.165, 1.54) is 0 Å². The Bertz CT molecular complexity index is 247. The summed E-state index contributed by atoms with van der Waals surface area (Å²) in [5, 5.41) is 8.09. The zero-order valence-electron chi connectivity index (χ0n) is 6.52. The first-order chi connectivity index (χ1) is 6.02. The molecule has 0 aromatic carbocycles. The van der Waals surface area contributed by atoms with Gasteiger partial charge < -0.3 is 10.8 Å². The van der Waals surface area contributed by atoms with Crippen LogP contribution < -0.4 is 11.2 Å². The van der Waals surface area contributed by atoms with Crippen LogP contribution in [0.15, 0.2) is 12.2 Å². The number of carbonyl (C=O) groups is 3. The maximum atomic E-state index is 10.6. The SMILES string of the molecule is NC(=O)CONC(=O)/C=C/C(=O)O. The molecule has 0 radical (unpaired) electrons. The van der Waals surface area contributed by atoms with Crippen molar-refractivity contribution in [2.24, 2.45) is 5.73 Å². The van der Waals surface area contributed by atoms with Crippen molar-refractivity contribution < 1.29 is 24.3 Å². The summed E-state index contributed by atoms with van der Waals surface area (Å²) in [6.07, 6.45) is 1.37. The van der Waals surface area contributed by atoms with Crippen molar-refractivity contribution in [1.29, 1.82) is 0 Å². The van der Waals surface area contributed by atoms with E-state index in [9.17, 15) is 14.4 Å². The molecular formula is C6H8N2O5. The minimum atomic E-state index is -1.26. The molecule has 0 saturated heterocycles. The molecule has 7 heteroatoms. The van der Waals surface area contributed by atoms with Gasteiger partial charge in [0, 0.05) is 12.2 Å². The van der Waals surface area contributed by atoms with Crippen LogP contribution in [0.2, 0.25) is 0 Å². The molecule has 0 bridgehead atoms. The molecule has 0 aliphatic carbocycles. The Morgan fingerprint density at radius 2 is 2.00 bits per heavy atom. The van der Waals surface area contributed by atoms with Crippen LogP contribution in [0.25, 0.3) is 0 Å². The predicted octanol–water partition coefficient (Wildman–Crippen LogP) is -1.84. The number of carboxylic acids is 1. The Balaban J connectivity index is 3.64. The van der Waals surface area contributed by atoms with Gasteiger partial charge in [-0.05, 0) is 0 Å². The average Bonchev–Trinajstić information content (AvgIpc) is 2.00. The van der Waals surface area contributed by atoms with E-state index in [-0.39, 0.29) is 0 Å². The van der Waals surface area contributed by atoms with Gasteiger partial charge in [0.05, 0.1) is 0 Å². The van der Waals surface area contributed by atoms with Crippen molar-refractivity contribution in [3.63, 3.8) is 0 Å². The van der Waals surface area contributed by atoms with Gasteiger partial charge in [0.1, 0.15) is 0 Å². The maximum Gasteiger partial charge on any atom is 0.328 e. The van der Waals surface area contributed by atoms with Gasteiger partial charge in [0.25, 0.3) is 5.91 Å². The van der Waals surface area contributed by atoms with Crippen molar-refractivity contribution in [3.05, 3.63) is 12.2 Å². The minimum absolute atomic E-state index is 0.466. The van der Waals surface area contributed by atoms with E-state index in [0.717, 1.165) is 6.08 Å². The van der Waals surface area contributed by atoms with Gasteiger partial charge in [-0.1, -0.05) is 0 Å². The zero-order chi connectivity index (χ0) is 10.3. The molecule has 4 N–H and O–H groups in total. The zero-order valence-corrected chi connectivity index (χ0v) is 6.52. The Morgan fingerprint density at radius 3 is 2.46 bits per heavy atom. The number of nitrogens with two attached hydrogens (primary N) is 1. The van der Waals surface area contributed by atoms with Gasteiger partial charge in [-0.3, -0.25) is 14.4 Å². The number of rotatable bonds is 5. The number of amides is 2. The van der Waals surface area contributed by atoms with Crippen LogP contribution in [0.3, 0.4) is 0 Å². The van der Waals surface area contributed by atoms with E-state index in [2.05, 4.69) is 10.6 Å². The van der Waals surface area contributed by atoms with E-state index in [4.69, 9.17) is 5.11 Å². The summed E-state index contributed by atoms with van der Waals surface area (Å²) >= 11 is 0. The highest BCUT2D eigenvalue weighted by atomic mass is 16.7. The fraction of sp³-hybridized carbons (Fsp3) is 0.167. The molecule has 0 spiro atoms. The summed E-state index contributed by atoms with van der Waals surface area (Å²) in [6.45, 7) is -0.466. The van der Waals surface area contributed by atoms with Crippen LogP contribution in [0.1, 0.15) is 0 Å². The molecule has 2 amide bonds. The standard InChI is InChI=1S/C6H8N2O5/c7-4(9)3-13-8-5(10)1-2-6(11)12/h1-2H,3H2,(H2,7,9)(H,8,10)(H,11,12)/b2-1+. The minimum Gasteiger partial charge on any atom is -0.478 e.